The summed E-state index contributed by atoms with van der Waals surface area (Å²) in [5.41, 5.74) is 1.13. The van der Waals surface area contributed by atoms with Gasteiger partial charge in [-0.1, -0.05) is 46.3 Å². The highest BCUT2D eigenvalue weighted by molar-refractivity contribution is 9.09. The lowest BCUT2D eigenvalue weighted by atomic mass is 10.2. The van der Waals surface area contributed by atoms with E-state index in [-0.39, 0.29) is 6.42 Å². The Hall–Kier alpha value is -0.550. The normalized spacial score (nSPS) is 12.1. The molecule has 0 unspecified atom stereocenters. The van der Waals surface area contributed by atoms with Crippen molar-refractivity contribution in [2.75, 3.05) is 18.4 Å². The first kappa shape index (κ1) is 15.5. The number of nitrogens with zero attached hydrogens (tertiary/aromatic N) is 1. The predicted octanol–water partition coefficient (Wildman–Crippen LogP) is 4.23. The Morgan fingerprint density at radius 1 is 1.06 bits per heavy atom. The molecule has 0 aliphatic heterocycles. The van der Waals surface area contributed by atoms with Crippen molar-refractivity contribution in [3.05, 3.63) is 35.9 Å². The summed E-state index contributed by atoms with van der Waals surface area (Å²) >= 11 is 3.33. The zero-order valence-electron chi connectivity index (χ0n) is 10.1. The molecule has 0 fully saturated rings. The van der Waals surface area contributed by atoms with Crippen LogP contribution in [0, 0.1) is 0 Å². The maximum absolute atomic E-state index is 12.1. The quantitative estimate of drug-likeness (QED) is 0.679. The average Bonchev–Trinajstić information content (AvgIpc) is 2.29. The Labute approximate surface area is 114 Å². The first-order valence-electron chi connectivity index (χ1n) is 5.90. The van der Waals surface area contributed by atoms with Crippen LogP contribution in [0.2, 0.25) is 0 Å². The molecule has 0 radical (unpaired) electrons. The Balaban J connectivity index is 2.40. The second kappa shape index (κ2) is 7.79. The van der Waals surface area contributed by atoms with E-state index in [0.717, 1.165) is 17.4 Å². The molecule has 0 bridgehead atoms. The lowest BCUT2D eigenvalue weighted by molar-refractivity contribution is -0.136. The zero-order chi connectivity index (χ0) is 13.4. The third kappa shape index (κ3) is 7.01. The molecular formula is C13H17BrF3N. The molecule has 1 aromatic carbocycles. The lowest BCUT2D eigenvalue weighted by Crippen LogP contribution is -2.27. The van der Waals surface area contributed by atoms with Crippen molar-refractivity contribution < 1.29 is 13.2 Å². The third-order valence-electron chi connectivity index (χ3n) is 2.58. The second-order valence-electron chi connectivity index (χ2n) is 4.17. The topological polar surface area (TPSA) is 3.24 Å². The third-order valence-corrected chi connectivity index (χ3v) is 2.94. The molecule has 18 heavy (non-hydrogen) atoms. The van der Waals surface area contributed by atoms with E-state index in [4.69, 9.17) is 0 Å². The van der Waals surface area contributed by atoms with E-state index in [1.54, 1.807) is 0 Å². The highest BCUT2D eigenvalue weighted by Crippen LogP contribution is 2.21. The second-order valence-corrected chi connectivity index (χ2v) is 4.96. The summed E-state index contributed by atoms with van der Waals surface area (Å²) in [6.45, 7) is 1.93. The van der Waals surface area contributed by atoms with Crippen LogP contribution in [-0.4, -0.2) is 29.5 Å². The Kier molecular flexibility index (Phi) is 6.71. The van der Waals surface area contributed by atoms with Gasteiger partial charge in [-0.15, -0.1) is 0 Å². The molecule has 0 N–H and O–H groups in total. The number of hydrogen-bond donors (Lipinski definition) is 0. The fourth-order valence-corrected chi connectivity index (χ4v) is 2.24. The first-order chi connectivity index (χ1) is 8.51. The Morgan fingerprint density at radius 3 is 2.28 bits per heavy atom. The number of alkyl halides is 4. The van der Waals surface area contributed by atoms with E-state index < -0.39 is 12.6 Å². The average molecular weight is 324 g/mol. The molecule has 0 heterocycles. The van der Waals surface area contributed by atoms with E-state index in [0.29, 0.717) is 13.1 Å². The van der Waals surface area contributed by atoms with E-state index >= 15 is 0 Å². The van der Waals surface area contributed by atoms with Gasteiger partial charge >= 0.3 is 6.18 Å². The first-order valence-corrected chi connectivity index (χ1v) is 7.02. The maximum atomic E-state index is 12.1. The maximum Gasteiger partial charge on any atom is 0.389 e. The van der Waals surface area contributed by atoms with Gasteiger partial charge in [-0.05, 0) is 18.5 Å². The smallest absolute Gasteiger partial charge is 0.298 e. The van der Waals surface area contributed by atoms with Gasteiger partial charge in [0.25, 0.3) is 0 Å². The summed E-state index contributed by atoms with van der Waals surface area (Å²) < 4.78 is 36.3. The molecule has 0 aliphatic carbocycles. The summed E-state index contributed by atoms with van der Waals surface area (Å²) in [6, 6.07) is 9.80. The van der Waals surface area contributed by atoms with E-state index in [1.807, 2.05) is 35.2 Å². The van der Waals surface area contributed by atoms with Crippen LogP contribution in [0.5, 0.6) is 0 Å². The largest absolute Gasteiger partial charge is 0.389 e. The van der Waals surface area contributed by atoms with Gasteiger partial charge in [0.05, 0.1) is 0 Å². The van der Waals surface area contributed by atoms with E-state index in [2.05, 4.69) is 15.9 Å². The van der Waals surface area contributed by atoms with Gasteiger partial charge in [-0.2, -0.15) is 13.2 Å². The molecule has 5 heteroatoms. The number of halogens is 4. The minimum absolute atomic E-state index is 0.156. The molecule has 102 valence electrons. The lowest BCUT2D eigenvalue weighted by Gasteiger charge is -2.21. The Bertz CT molecular complexity index is 327. The molecule has 0 saturated carbocycles. The van der Waals surface area contributed by atoms with Crippen LogP contribution in [0.4, 0.5) is 13.2 Å². The van der Waals surface area contributed by atoms with E-state index in [1.165, 1.54) is 0 Å². The van der Waals surface area contributed by atoms with Gasteiger partial charge in [0.15, 0.2) is 0 Å². The van der Waals surface area contributed by atoms with Gasteiger partial charge in [-0.25, -0.2) is 0 Å². The molecule has 1 nitrogen and oxygen atoms in total. The highest BCUT2D eigenvalue weighted by Gasteiger charge is 2.26. The summed E-state index contributed by atoms with van der Waals surface area (Å²) in [5.74, 6) is 0. The highest BCUT2D eigenvalue weighted by atomic mass is 79.9. The molecule has 0 aromatic heterocycles. The van der Waals surface area contributed by atoms with Crippen molar-refractivity contribution >= 4 is 15.9 Å². The van der Waals surface area contributed by atoms with E-state index in [9.17, 15) is 13.2 Å². The van der Waals surface area contributed by atoms with Crippen LogP contribution < -0.4 is 0 Å². The van der Waals surface area contributed by atoms with Gasteiger partial charge in [0.2, 0.25) is 0 Å². The van der Waals surface area contributed by atoms with Gasteiger partial charge in [-0.3, -0.25) is 4.90 Å². The molecule has 0 spiro atoms. The molecular weight excluding hydrogens is 307 g/mol. The molecule has 0 saturated heterocycles. The van der Waals surface area contributed by atoms with Crippen LogP contribution in [0.3, 0.4) is 0 Å². The Morgan fingerprint density at radius 2 is 1.72 bits per heavy atom. The number of rotatable bonds is 7. The van der Waals surface area contributed by atoms with Gasteiger partial charge in [0, 0.05) is 24.8 Å². The minimum Gasteiger partial charge on any atom is -0.298 e. The van der Waals surface area contributed by atoms with Crippen molar-refractivity contribution in [1.29, 1.82) is 0 Å². The number of benzene rings is 1. The fraction of sp³-hybridized carbons (Fsp3) is 0.538. The van der Waals surface area contributed by atoms with Crippen LogP contribution in [0.25, 0.3) is 0 Å². The summed E-state index contributed by atoms with van der Waals surface area (Å²) in [7, 11) is 0. The molecule has 1 aromatic rings. The predicted molar refractivity (Wildman–Crippen MR) is 70.8 cm³/mol. The van der Waals surface area contributed by atoms with Crippen LogP contribution in [0.15, 0.2) is 30.3 Å². The molecule has 0 atom stereocenters. The molecule has 1 rings (SSSR count). The SMILES string of the molecule is FC(F)(F)CCCN(CCBr)Cc1ccccc1. The van der Waals surface area contributed by atoms with Gasteiger partial charge < -0.3 is 0 Å². The van der Waals surface area contributed by atoms with Crippen molar-refractivity contribution in [2.45, 2.75) is 25.6 Å². The summed E-state index contributed by atoms with van der Waals surface area (Å²) in [6.07, 6.45) is -4.60. The van der Waals surface area contributed by atoms with Gasteiger partial charge in [0.1, 0.15) is 0 Å². The van der Waals surface area contributed by atoms with Crippen molar-refractivity contribution in [2.24, 2.45) is 0 Å². The van der Waals surface area contributed by atoms with Crippen molar-refractivity contribution in [1.82, 2.24) is 4.90 Å². The number of hydrogen-bond acceptors (Lipinski definition) is 1. The van der Waals surface area contributed by atoms with Crippen molar-refractivity contribution in [3.8, 4) is 0 Å². The standard InChI is InChI=1S/C13H17BrF3N/c14-8-10-18(9-4-7-13(15,16)17)11-12-5-2-1-3-6-12/h1-3,5-6H,4,7-11H2. The molecule has 0 amide bonds. The minimum atomic E-state index is -4.05. The summed E-state index contributed by atoms with van der Waals surface area (Å²) in [5, 5.41) is 0.770. The van der Waals surface area contributed by atoms with Crippen molar-refractivity contribution in [3.63, 3.8) is 0 Å². The monoisotopic (exact) mass is 323 g/mol. The zero-order valence-corrected chi connectivity index (χ0v) is 11.7. The molecule has 0 aliphatic rings. The fourth-order valence-electron chi connectivity index (χ4n) is 1.73. The van der Waals surface area contributed by atoms with Crippen LogP contribution >= 0.6 is 15.9 Å². The summed E-state index contributed by atoms with van der Waals surface area (Å²) in [4.78, 5) is 2.04. The van der Waals surface area contributed by atoms with Crippen LogP contribution in [-0.2, 0) is 6.54 Å². The van der Waals surface area contributed by atoms with Crippen LogP contribution in [0.1, 0.15) is 18.4 Å².